The Morgan fingerprint density at radius 1 is 1.09 bits per heavy atom. The molecule has 1 saturated heterocycles. The van der Waals surface area contributed by atoms with Crippen molar-refractivity contribution in [3.8, 4) is 23.0 Å². The molecular formula is C25H23N3O6S. The molecule has 1 fully saturated rings. The van der Waals surface area contributed by atoms with E-state index in [1.807, 2.05) is 6.92 Å². The van der Waals surface area contributed by atoms with Crippen LogP contribution in [-0.2, 0) is 11.3 Å². The van der Waals surface area contributed by atoms with Crippen molar-refractivity contribution in [2.24, 2.45) is 10.2 Å². The van der Waals surface area contributed by atoms with Crippen LogP contribution in [0.5, 0.6) is 23.0 Å². The molecule has 2 aromatic carbocycles. The zero-order chi connectivity index (χ0) is 24.8. The Morgan fingerprint density at radius 2 is 1.83 bits per heavy atom. The number of amidine groups is 1. The van der Waals surface area contributed by atoms with Crippen molar-refractivity contribution in [1.29, 1.82) is 0 Å². The Hall–Kier alpha value is -4.18. The van der Waals surface area contributed by atoms with E-state index < -0.39 is 0 Å². The Labute approximate surface area is 206 Å². The summed E-state index contributed by atoms with van der Waals surface area (Å²) in [6.45, 7) is 2.42. The van der Waals surface area contributed by atoms with Gasteiger partial charge in [-0.15, -0.1) is 5.10 Å². The lowest BCUT2D eigenvalue weighted by molar-refractivity contribution is -0.122. The number of amides is 1. The van der Waals surface area contributed by atoms with E-state index in [1.54, 1.807) is 48.7 Å². The lowest BCUT2D eigenvalue weighted by Gasteiger charge is -2.12. The molecule has 2 N–H and O–H groups in total. The first-order valence-corrected chi connectivity index (χ1v) is 11.5. The fourth-order valence-corrected chi connectivity index (χ4v) is 4.18. The fraction of sp³-hybridized carbons (Fsp3) is 0.160. The third-order valence-corrected chi connectivity index (χ3v) is 5.91. The maximum Gasteiger partial charge on any atom is 0.267 e. The zero-order valence-corrected chi connectivity index (χ0v) is 19.9. The molecule has 1 amide bonds. The standard InChI is InChI=1S/C25H23N3O6S/c1-3-33-22-11-16(6-8-20(22)30)13-23-24(31)28(15-18-5-4-10-34-18)25(35-23)27-26-14-17-7-9-19(29)21(12-17)32-2/h4-14,29-30H,3,15H2,1-2H3/b23-13-,26-14+,27-25-. The number of aromatic hydroxyl groups is 2. The van der Waals surface area contributed by atoms with Gasteiger partial charge >= 0.3 is 0 Å². The van der Waals surface area contributed by atoms with Gasteiger partial charge in [-0.1, -0.05) is 6.07 Å². The van der Waals surface area contributed by atoms with Gasteiger partial charge in [-0.3, -0.25) is 9.69 Å². The number of phenols is 2. The van der Waals surface area contributed by atoms with Crippen LogP contribution in [0.1, 0.15) is 23.8 Å². The van der Waals surface area contributed by atoms with Crippen molar-refractivity contribution in [1.82, 2.24) is 4.90 Å². The monoisotopic (exact) mass is 493 g/mol. The van der Waals surface area contributed by atoms with E-state index in [-0.39, 0.29) is 24.0 Å². The van der Waals surface area contributed by atoms with Gasteiger partial charge in [0, 0.05) is 0 Å². The molecule has 2 heterocycles. The molecule has 0 saturated carbocycles. The first-order valence-electron chi connectivity index (χ1n) is 10.7. The molecule has 0 unspecified atom stereocenters. The quantitative estimate of drug-likeness (QED) is 0.267. The highest BCUT2D eigenvalue weighted by molar-refractivity contribution is 8.18. The number of hydrogen-bond donors (Lipinski definition) is 2. The van der Waals surface area contributed by atoms with Crippen molar-refractivity contribution in [2.45, 2.75) is 13.5 Å². The van der Waals surface area contributed by atoms with Gasteiger partial charge in [-0.05, 0) is 78.4 Å². The third-order valence-electron chi connectivity index (χ3n) is 4.92. The Kier molecular flexibility index (Phi) is 7.41. The lowest BCUT2D eigenvalue weighted by atomic mass is 10.2. The molecule has 35 heavy (non-hydrogen) atoms. The van der Waals surface area contributed by atoms with Crippen LogP contribution < -0.4 is 9.47 Å². The first-order chi connectivity index (χ1) is 17.0. The number of furan rings is 1. The molecule has 0 bridgehead atoms. The molecule has 0 atom stereocenters. The molecule has 0 spiro atoms. The highest BCUT2D eigenvalue weighted by Crippen LogP contribution is 2.35. The summed E-state index contributed by atoms with van der Waals surface area (Å²) >= 11 is 1.18. The number of nitrogens with zero attached hydrogens (tertiary/aromatic N) is 3. The summed E-state index contributed by atoms with van der Waals surface area (Å²) < 4.78 is 16.0. The van der Waals surface area contributed by atoms with Crippen molar-refractivity contribution in [3.63, 3.8) is 0 Å². The maximum atomic E-state index is 13.2. The van der Waals surface area contributed by atoms with Gasteiger partial charge in [0.15, 0.2) is 28.2 Å². The molecule has 3 aromatic rings. The first kappa shape index (κ1) is 24.0. The number of ether oxygens (including phenoxy) is 2. The van der Waals surface area contributed by atoms with Crippen molar-refractivity contribution >= 4 is 35.1 Å². The highest BCUT2D eigenvalue weighted by atomic mass is 32.2. The normalized spacial score (nSPS) is 16.1. The highest BCUT2D eigenvalue weighted by Gasteiger charge is 2.34. The Morgan fingerprint density at radius 3 is 2.54 bits per heavy atom. The van der Waals surface area contributed by atoms with Crippen LogP contribution in [0.4, 0.5) is 0 Å². The van der Waals surface area contributed by atoms with E-state index in [4.69, 9.17) is 13.9 Å². The van der Waals surface area contributed by atoms with Crippen molar-refractivity contribution in [2.75, 3.05) is 13.7 Å². The third kappa shape index (κ3) is 5.67. The number of phenolic OH excluding ortho intramolecular Hbond substituents is 2. The molecule has 1 aliphatic heterocycles. The smallest absolute Gasteiger partial charge is 0.267 e. The lowest BCUT2D eigenvalue weighted by Crippen LogP contribution is -2.28. The van der Waals surface area contributed by atoms with E-state index >= 15 is 0 Å². The number of methoxy groups -OCH3 is 1. The second-order valence-corrected chi connectivity index (χ2v) is 8.31. The number of hydrogen-bond acceptors (Lipinski definition) is 9. The van der Waals surface area contributed by atoms with E-state index in [2.05, 4.69) is 10.2 Å². The largest absolute Gasteiger partial charge is 0.504 e. The number of carbonyl (C=O) groups is 1. The Balaban J connectivity index is 1.62. The summed E-state index contributed by atoms with van der Waals surface area (Å²) in [5.41, 5.74) is 1.36. The van der Waals surface area contributed by atoms with Gasteiger partial charge in [0.1, 0.15) is 5.76 Å². The van der Waals surface area contributed by atoms with Crippen molar-refractivity contribution in [3.05, 3.63) is 76.6 Å². The zero-order valence-electron chi connectivity index (χ0n) is 19.0. The van der Waals surface area contributed by atoms with Crippen LogP contribution in [0, 0.1) is 0 Å². The molecule has 4 rings (SSSR count). The van der Waals surface area contributed by atoms with Crippen LogP contribution in [0.2, 0.25) is 0 Å². The molecule has 180 valence electrons. The van der Waals surface area contributed by atoms with E-state index in [0.29, 0.717) is 45.1 Å². The van der Waals surface area contributed by atoms with Gasteiger partial charge in [-0.25, -0.2) is 0 Å². The second-order valence-electron chi connectivity index (χ2n) is 7.30. The summed E-state index contributed by atoms with van der Waals surface area (Å²) in [4.78, 5) is 15.1. The topological polar surface area (TPSA) is 117 Å². The second kappa shape index (κ2) is 10.8. The van der Waals surface area contributed by atoms with Gasteiger partial charge in [0.2, 0.25) is 0 Å². The minimum absolute atomic E-state index is 0.0223. The molecular weight excluding hydrogens is 470 g/mol. The molecule has 1 aliphatic rings. The number of carbonyl (C=O) groups excluding carboxylic acids is 1. The van der Waals surface area contributed by atoms with Crippen LogP contribution in [0.3, 0.4) is 0 Å². The van der Waals surface area contributed by atoms with Crippen LogP contribution in [0.15, 0.2) is 74.3 Å². The summed E-state index contributed by atoms with van der Waals surface area (Å²) in [6, 6.07) is 13.2. The average molecular weight is 494 g/mol. The number of rotatable bonds is 8. The van der Waals surface area contributed by atoms with E-state index in [0.717, 1.165) is 0 Å². The molecule has 0 aliphatic carbocycles. The number of benzene rings is 2. The van der Waals surface area contributed by atoms with Crippen molar-refractivity contribution < 1.29 is 28.9 Å². The van der Waals surface area contributed by atoms with Crippen LogP contribution in [0.25, 0.3) is 6.08 Å². The van der Waals surface area contributed by atoms with Gasteiger partial charge in [-0.2, -0.15) is 5.10 Å². The maximum absolute atomic E-state index is 13.2. The summed E-state index contributed by atoms with van der Waals surface area (Å²) in [5.74, 6) is 1.06. The molecule has 10 heteroatoms. The Bertz CT molecular complexity index is 1300. The van der Waals surface area contributed by atoms with Gasteiger partial charge in [0.05, 0.1) is 37.6 Å². The van der Waals surface area contributed by atoms with Gasteiger partial charge < -0.3 is 24.1 Å². The minimum atomic E-state index is -0.252. The minimum Gasteiger partial charge on any atom is -0.504 e. The molecule has 0 radical (unpaired) electrons. The van der Waals surface area contributed by atoms with E-state index in [9.17, 15) is 15.0 Å². The SMILES string of the molecule is CCOc1cc(/C=C2\S/C(=N\N=C\c3ccc(O)c(OC)c3)N(Cc3ccco3)C2=O)ccc1O. The van der Waals surface area contributed by atoms with Crippen LogP contribution in [-0.4, -0.2) is 46.1 Å². The summed E-state index contributed by atoms with van der Waals surface area (Å²) in [7, 11) is 1.46. The summed E-state index contributed by atoms with van der Waals surface area (Å²) in [5, 5.41) is 28.5. The van der Waals surface area contributed by atoms with Gasteiger partial charge in [0.25, 0.3) is 5.91 Å². The fourth-order valence-electron chi connectivity index (χ4n) is 3.24. The molecule has 9 nitrogen and oxygen atoms in total. The molecule has 1 aromatic heterocycles. The predicted octanol–water partition coefficient (Wildman–Crippen LogP) is 4.60. The van der Waals surface area contributed by atoms with Crippen LogP contribution >= 0.6 is 11.8 Å². The summed E-state index contributed by atoms with van der Waals surface area (Å²) in [6.07, 6.45) is 4.75. The van der Waals surface area contributed by atoms with E-state index in [1.165, 1.54) is 42.1 Å². The predicted molar refractivity (Wildman–Crippen MR) is 134 cm³/mol. The average Bonchev–Trinajstić information content (AvgIpc) is 3.47. The number of thioether (sulfide) groups is 1.